The molecular weight excluding hydrogens is 160 g/mol. The molecule has 4 atom stereocenters. The quantitative estimate of drug-likeness (QED) is 0.518. The molecule has 3 rings (SSSR count). The summed E-state index contributed by atoms with van der Waals surface area (Å²) in [5.41, 5.74) is 3.42. The zero-order valence-electron chi connectivity index (χ0n) is 8.55. The molecule has 72 valence electrons. The molecule has 1 nitrogen and oxygen atoms in total. The summed E-state index contributed by atoms with van der Waals surface area (Å²) in [5.74, 6) is 3.59. The molecule has 0 spiro atoms. The van der Waals surface area contributed by atoms with Crippen molar-refractivity contribution < 1.29 is 4.74 Å². The first-order valence-corrected chi connectivity index (χ1v) is 5.54. The van der Waals surface area contributed by atoms with Crippen LogP contribution in [0.4, 0.5) is 0 Å². The molecule has 1 saturated heterocycles. The van der Waals surface area contributed by atoms with Gasteiger partial charge < -0.3 is 4.74 Å². The maximum atomic E-state index is 5.60. The summed E-state index contributed by atoms with van der Waals surface area (Å²) in [6.07, 6.45) is 2.88. The Morgan fingerprint density at radius 2 is 1.62 bits per heavy atom. The molecule has 1 heteroatoms. The molecule has 2 saturated carbocycles. The molecule has 0 aromatic heterocycles. The summed E-state index contributed by atoms with van der Waals surface area (Å²) in [4.78, 5) is 0. The van der Waals surface area contributed by atoms with Gasteiger partial charge in [-0.1, -0.05) is 11.1 Å². The number of ether oxygens (including phenoxy) is 1. The first-order chi connectivity index (χ1) is 6.29. The van der Waals surface area contributed by atoms with Crippen LogP contribution in [-0.4, -0.2) is 13.2 Å². The van der Waals surface area contributed by atoms with Gasteiger partial charge in [-0.25, -0.2) is 0 Å². The van der Waals surface area contributed by atoms with Gasteiger partial charge >= 0.3 is 0 Å². The number of fused-ring (bicyclic) bond motifs is 5. The van der Waals surface area contributed by atoms with Crippen LogP contribution in [0.15, 0.2) is 11.1 Å². The van der Waals surface area contributed by atoms with E-state index in [4.69, 9.17) is 4.74 Å². The van der Waals surface area contributed by atoms with E-state index < -0.39 is 0 Å². The van der Waals surface area contributed by atoms with Crippen LogP contribution in [0.5, 0.6) is 0 Å². The monoisotopic (exact) mass is 178 g/mol. The molecule has 3 aliphatic rings. The highest BCUT2D eigenvalue weighted by molar-refractivity contribution is 5.29. The fourth-order valence-corrected chi connectivity index (χ4v) is 3.99. The van der Waals surface area contributed by atoms with Crippen LogP contribution in [0.3, 0.4) is 0 Å². The van der Waals surface area contributed by atoms with Crippen molar-refractivity contribution in [1.29, 1.82) is 0 Å². The Morgan fingerprint density at radius 1 is 1.08 bits per heavy atom. The van der Waals surface area contributed by atoms with E-state index in [1.54, 1.807) is 5.57 Å². The summed E-state index contributed by atoms with van der Waals surface area (Å²) in [7, 11) is 0. The van der Waals surface area contributed by atoms with Gasteiger partial charge in [-0.3, -0.25) is 0 Å². The second-order valence-electron chi connectivity index (χ2n) is 5.11. The zero-order chi connectivity index (χ0) is 9.00. The van der Waals surface area contributed by atoms with Crippen molar-refractivity contribution in [1.82, 2.24) is 0 Å². The highest BCUT2D eigenvalue weighted by atomic mass is 16.5. The van der Waals surface area contributed by atoms with Crippen molar-refractivity contribution in [2.24, 2.45) is 23.7 Å². The van der Waals surface area contributed by atoms with Gasteiger partial charge in [0.05, 0.1) is 13.2 Å². The fourth-order valence-electron chi connectivity index (χ4n) is 3.99. The van der Waals surface area contributed by atoms with Gasteiger partial charge in [-0.05, 0) is 50.4 Å². The van der Waals surface area contributed by atoms with Crippen molar-refractivity contribution in [2.45, 2.75) is 26.7 Å². The second kappa shape index (κ2) is 2.60. The lowest BCUT2D eigenvalue weighted by atomic mass is 9.82. The minimum absolute atomic E-state index is 0.892. The van der Waals surface area contributed by atoms with Crippen LogP contribution in [0.2, 0.25) is 0 Å². The van der Waals surface area contributed by atoms with Gasteiger partial charge in [0.25, 0.3) is 0 Å². The van der Waals surface area contributed by atoms with Crippen LogP contribution in [0.1, 0.15) is 26.7 Å². The zero-order valence-corrected chi connectivity index (χ0v) is 8.55. The van der Waals surface area contributed by atoms with Crippen LogP contribution < -0.4 is 0 Å². The highest BCUT2D eigenvalue weighted by Crippen LogP contribution is 2.58. The number of hydrogen-bond donors (Lipinski definition) is 0. The van der Waals surface area contributed by atoms with E-state index in [1.807, 2.05) is 5.57 Å². The molecule has 2 bridgehead atoms. The maximum Gasteiger partial charge on any atom is 0.0503 e. The Balaban J connectivity index is 2.01. The van der Waals surface area contributed by atoms with E-state index in [1.165, 1.54) is 12.8 Å². The lowest BCUT2D eigenvalue weighted by Crippen LogP contribution is -2.19. The van der Waals surface area contributed by atoms with Crippen LogP contribution in [0, 0.1) is 23.7 Å². The average molecular weight is 178 g/mol. The predicted molar refractivity (Wildman–Crippen MR) is 52.4 cm³/mol. The normalized spacial score (nSPS) is 47.1. The molecule has 0 aromatic carbocycles. The van der Waals surface area contributed by atoms with Crippen LogP contribution >= 0.6 is 0 Å². The van der Waals surface area contributed by atoms with Gasteiger partial charge in [-0.2, -0.15) is 0 Å². The van der Waals surface area contributed by atoms with Crippen molar-refractivity contribution in [3.63, 3.8) is 0 Å². The maximum absolute atomic E-state index is 5.60. The van der Waals surface area contributed by atoms with Crippen LogP contribution in [-0.2, 0) is 4.74 Å². The van der Waals surface area contributed by atoms with E-state index in [0.29, 0.717) is 0 Å². The van der Waals surface area contributed by atoms with Crippen LogP contribution in [0.25, 0.3) is 0 Å². The summed E-state index contributed by atoms with van der Waals surface area (Å²) in [6.45, 7) is 6.68. The first-order valence-electron chi connectivity index (χ1n) is 5.54. The fraction of sp³-hybridized carbons (Fsp3) is 0.833. The molecule has 2 aliphatic carbocycles. The van der Waals surface area contributed by atoms with Crippen molar-refractivity contribution in [3.05, 3.63) is 11.1 Å². The lowest BCUT2D eigenvalue weighted by molar-refractivity contribution is 0.170. The second-order valence-corrected chi connectivity index (χ2v) is 5.11. The minimum atomic E-state index is 0.892. The predicted octanol–water partition coefficient (Wildman–Crippen LogP) is 2.63. The van der Waals surface area contributed by atoms with E-state index in [2.05, 4.69) is 13.8 Å². The Kier molecular flexibility index (Phi) is 1.61. The highest BCUT2D eigenvalue weighted by Gasteiger charge is 2.53. The van der Waals surface area contributed by atoms with Gasteiger partial charge in [0.1, 0.15) is 0 Å². The van der Waals surface area contributed by atoms with Gasteiger partial charge in [0.2, 0.25) is 0 Å². The largest absolute Gasteiger partial charge is 0.381 e. The Bertz CT molecular complexity index is 242. The van der Waals surface area contributed by atoms with E-state index in [9.17, 15) is 0 Å². The van der Waals surface area contributed by atoms with Crippen molar-refractivity contribution in [3.8, 4) is 0 Å². The Morgan fingerprint density at radius 3 is 2.08 bits per heavy atom. The third kappa shape index (κ3) is 0.914. The summed E-state index contributed by atoms with van der Waals surface area (Å²) in [6, 6.07) is 0. The summed E-state index contributed by atoms with van der Waals surface area (Å²) < 4.78 is 5.60. The average Bonchev–Trinajstić information content (AvgIpc) is 2.75. The minimum Gasteiger partial charge on any atom is -0.381 e. The summed E-state index contributed by atoms with van der Waals surface area (Å²) in [5, 5.41) is 0. The first kappa shape index (κ1) is 8.05. The van der Waals surface area contributed by atoms with E-state index in [-0.39, 0.29) is 0 Å². The molecular formula is C12H18O. The van der Waals surface area contributed by atoms with Gasteiger partial charge in [-0.15, -0.1) is 0 Å². The molecule has 13 heavy (non-hydrogen) atoms. The number of rotatable bonds is 0. The SMILES string of the molecule is CC(C)=C1C2CCC1C1COCC21. The Labute approximate surface area is 80.2 Å². The topological polar surface area (TPSA) is 9.23 Å². The Hall–Kier alpha value is -0.300. The smallest absolute Gasteiger partial charge is 0.0503 e. The molecule has 0 N–H and O–H groups in total. The molecule has 0 aromatic rings. The van der Waals surface area contributed by atoms with Crippen molar-refractivity contribution >= 4 is 0 Å². The summed E-state index contributed by atoms with van der Waals surface area (Å²) >= 11 is 0. The molecule has 3 fully saturated rings. The molecule has 4 unspecified atom stereocenters. The molecule has 1 aliphatic heterocycles. The molecule has 0 amide bonds. The number of allylic oxidation sites excluding steroid dienone is 2. The third-order valence-corrected chi connectivity index (χ3v) is 4.37. The van der Waals surface area contributed by atoms with Gasteiger partial charge in [0.15, 0.2) is 0 Å². The lowest BCUT2D eigenvalue weighted by Gasteiger charge is -2.20. The molecule has 1 heterocycles. The van der Waals surface area contributed by atoms with E-state index >= 15 is 0 Å². The molecule has 0 radical (unpaired) electrons. The van der Waals surface area contributed by atoms with E-state index in [0.717, 1.165) is 36.9 Å². The van der Waals surface area contributed by atoms with Crippen molar-refractivity contribution in [2.75, 3.05) is 13.2 Å². The standard InChI is InChI=1S/C12H18O/c1-7(2)12-8-3-4-9(12)11-6-13-5-10(8)11/h8-11H,3-6H2,1-2H3. The third-order valence-electron chi connectivity index (χ3n) is 4.37. The number of hydrogen-bond acceptors (Lipinski definition) is 1. The van der Waals surface area contributed by atoms with Gasteiger partial charge in [0, 0.05) is 0 Å².